The zero-order valence-corrected chi connectivity index (χ0v) is 16.4. The molecule has 0 atom stereocenters. The molecule has 1 aromatic heterocycles. The molecule has 3 heterocycles. The molecule has 0 spiro atoms. The number of rotatable bonds is 4. The van der Waals surface area contributed by atoms with Gasteiger partial charge in [0.25, 0.3) is 5.91 Å². The third-order valence-electron chi connectivity index (χ3n) is 5.94. The first kappa shape index (κ1) is 18.4. The fourth-order valence-electron chi connectivity index (χ4n) is 4.27. The molecule has 0 bridgehead atoms. The van der Waals surface area contributed by atoms with E-state index in [0.717, 1.165) is 56.6 Å². The van der Waals surface area contributed by atoms with Gasteiger partial charge in [0.2, 0.25) is 0 Å². The molecule has 0 N–H and O–H groups in total. The van der Waals surface area contributed by atoms with E-state index < -0.39 is 0 Å². The zero-order valence-electron chi connectivity index (χ0n) is 16.4. The molecule has 2 fully saturated rings. The summed E-state index contributed by atoms with van der Waals surface area (Å²) in [7, 11) is 2.12. The summed E-state index contributed by atoms with van der Waals surface area (Å²) in [6.45, 7) is 7.81. The molecular weight excluding hydrogens is 338 g/mol. The molecule has 2 aromatic rings. The van der Waals surface area contributed by atoms with Crippen LogP contribution >= 0.6 is 0 Å². The third-order valence-corrected chi connectivity index (χ3v) is 5.94. The Hall–Kier alpha value is -1.92. The van der Waals surface area contributed by atoms with E-state index in [1.807, 2.05) is 27.8 Å². The van der Waals surface area contributed by atoms with Crippen molar-refractivity contribution in [3.05, 3.63) is 30.0 Å². The maximum Gasteiger partial charge on any atom is 0.275 e. The van der Waals surface area contributed by atoms with Crippen LogP contribution in [0.1, 0.15) is 36.2 Å². The predicted octanol–water partition coefficient (Wildman–Crippen LogP) is 2.30. The fourth-order valence-corrected chi connectivity index (χ4v) is 4.27. The molecule has 146 valence electrons. The summed E-state index contributed by atoms with van der Waals surface area (Å²) in [5, 5.41) is 5.77. The molecule has 2 saturated heterocycles. The minimum atomic E-state index is 0.0817. The first-order valence-electron chi connectivity index (χ1n) is 10.4. The zero-order chi connectivity index (χ0) is 18.6. The molecule has 0 unspecified atom stereocenters. The van der Waals surface area contributed by atoms with E-state index >= 15 is 0 Å². The summed E-state index contributed by atoms with van der Waals surface area (Å²) in [6.07, 6.45) is 4.97. The molecule has 1 aromatic carbocycles. The second-order valence-corrected chi connectivity index (χ2v) is 7.94. The number of para-hydroxylation sites is 1. The van der Waals surface area contributed by atoms with E-state index in [2.05, 4.69) is 22.9 Å². The van der Waals surface area contributed by atoms with Gasteiger partial charge in [-0.15, -0.1) is 0 Å². The van der Waals surface area contributed by atoms with Crippen LogP contribution in [-0.2, 0) is 6.54 Å². The highest BCUT2D eigenvalue weighted by Gasteiger charge is 2.24. The van der Waals surface area contributed by atoms with E-state index in [1.165, 1.54) is 32.4 Å². The van der Waals surface area contributed by atoms with Crippen molar-refractivity contribution in [2.75, 3.05) is 52.9 Å². The molecule has 0 aliphatic carbocycles. The minimum absolute atomic E-state index is 0.0817. The highest BCUT2D eigenvalue weighted by Crippen LogP contribution is 2.21. The standard InChI is InChI=1S/C21H31N5O/c1-23-10-7-13-25(16-14-23)21(27)20-18-8-3-4-9-19(18)26(22-20)17-15-24-11-5-2-6-12-24/h3-4,8-9H,2,5-7,10-17H2,1H3. The maximum atomic E-state index is 13.2. The Balaban J connectivity index is 1.54. The van der Waals surface area contributed by atoms with Crippen LogP contribution in [0, 0.1) is 0 Å². The van der Waals surface area contributed by atoms with Gasteiger partial charge in [0, 0.05) is 31.6 Å². The number of aromatic nitrogens is 2. The number of benzene rings is 1. The SMILES string of the molecule is CN1CCCN(C(=O)c2nn(CCN3CCCCC3)c3ccccc23)CC1. The summed E-state index contributed by atoms with van der Waals surface area (Å²) in [4.78, 5) is 20.0. The van der Waals surface area contributed by atoms with Crippen molar-refractivity contribution < 1.29 is 4.79 Å². The van der Waals surface area contributed by atoms with Crippen molar-refractivity contribution >= 4 is 16.8 Å². The number of carbonyl (C=O) groups excluding carboxylic acids is 1. The number of likely N-dealkylation sites (N-methyl/N-ethyl adjacent to an activating group) is 1. The second-order valence-electron chi connectivity index (χ2n) is 7.94. The normalized spacial score (nSPS) is 20.1. The van der Waals surface area contributed by atoms with Crippen LogP contribution in [0.15, 0.2) is 24.3 Å². The molecule has 1 amide bonds. The lowest BCUT2D eigenvalue weighted by atomic mass is 10.1. The van der Waals surface area contributed by atoms with Gasteiger partial charge in [0.15, 0.2) is 5.69 Å². The molecular formula is C21H31N5O. The number of fused-ring (bicyclic) bond motifs is 1. The summed E-state index contributed by atoms with van der Waals surface area (Å²) in [5.41, 5.74) is 1.69. The molecule has 27 heavy (non-hydrogen) atoms. The number of likely N-dealkylation sites (tertiary alicyclic amines) is 1. The van der Waals surface area contributed by atoms with Crippen molar-refractivity contribution in [3.8, 4) is 0 Å². The van der Waals surface area contributed by atoms with E-state index in [4.69, 9.17) is 5.10 Å². The third kappa shape index (κ3) is 4.17. The number of hydrogen-bond acceptors (Lipinski definition) is 4. The molecule has 0 radical (unpaired) electrons. The number of amides is 1. The lowest BCUT2D eigenvalue weighted by molar-refractivity contribution is 0.0757. The molecule has 4 rings (SSSR count). The lowest BCUT2D eigenvalue weighted by Crippen LogP contribution is -2.35. The molecule has 2 aliphatic rings. The fraction of sp³-hybridized carbons (Fsp3) is 0.619. The van der Waals surface area contributed by atoms with Gasteiger partial charge in [-0.3, -0.25) is 9.48 Å². The molecule has 6 heteroatoms. The van der Waals surface area contributed by atoms with E-state index in [-0.39, 0.29) is 5.91 Å². The Kier molecular flexibility index (Phi) is 5.74. The predicted molar refractivity (Wildman–Crippen MR) is 108 cm³/mol. The maximum absolute atomic E-state index is 13.2. The van der Waals surface area contributed by atoms with Crippen molar-refractivity contribution in [1.29, 1.82) is 0 Å². The summed E-state index contributed by atoms with van der Waals surface area (Å²) < 4.78 is 2.04. The van der Waals surface area contributed by atoms with Gasteiger partial charge in [-0.2, -0.15) is 5.10 Å². The van der Waals surface area contributed by atoms with Crippen LogP contribution in [0.25, 0.3) is 10.9 Å². The second kappa shape index (κ2) is 8.40. The number of nitrogens with zero attached hydrogens (tertiary/aromatic N) is 5. The van der Waals surface area contributed by atoms with Gasteiger partial charge in [-0.25, -0.2) is 0 Å². The van der Waals surface area contributed by atoms with Crippen LogP contribution in [0.5, 0.6) is 0 Å². The summed E-state index contributed by atoms with van der Waals surface area (Å²) in [6, 6.07) is 8.17. The molecule has 0 saturated carbocycles. The molecule has 2 aliphatic heterocycles. The molecule has 6 nitrogen and oxygen atoms in total. The first-order valence-corrected chi connectivity index (χ1v) is 10.4. The van der Waals surface area contributed by atoms with Crippen molar-refractivity contribution in [1.82, 2.24) is 24.5 Å². The van der Waals surface area contributed by atoms with E-state index in [1.54, 1.807) is 0 Å². The largest absolute Gasteiger partial charge is 0.336 e. The van der Waals surface area contributed by atoms with Crippen molar-refractivity contribution in [3.63, 3.8) is 0 Å². The average Bonchev–Trinajstić information content (AvgIpc) is 2.93. The van der Waals surface area contributed by atoms with Crippen molar-refractivity contribution in [2.24, 2.45) is 0 Å². The Bertz CT molecular complexity index is 780. The van der Waals surface area contributed by atoms with Gasteiger partial charge in [-0.1, -0.05) is 24.6 Å². The minimum Gasteiger partial charge on any atom is -0.336 e. The van der Waals surface area contributed by atoms with E-state index in [0.29, 0.717) is 5.69 Å². The van der Waals surface area contributed by atoms with Gasteiger partial charge >= 0.3 is 0 Å². The highest BCUT2D eigenvalue weighted by molar-refractivity contribution is 6.04. The Morgan fingerprint density at radius 2 is 1.74 bits per heavy atom. The Morgan fingerprint density at radius 3 is 2.59 bits per heavy atom. The quantitative estimate of drug-likeness (QED) is 0.830. The van der Waals surface area contributed by atoms with Gasteiger partial charge < -0.3 is 14.7 Å². The average molecular weight is 370 g/mol. The Morgan fingerprint density at radius 1 is 0.926 bits per heavy atom. The van der Waals surface area contributed by atoms with Crippen LogP contribution in [0.4, 0.5) is 0 Å². The highest BCUT2D eigenvalue weighted by atomic mass is 16.2. The first-order chi connectivity index (χ1) is 13.2. The topological polar surface area (TPSA) is 44.6 Å². The number of hydrogen-bond donors (Lipinski definition) is 0. The lowest BCUT2D eigenvalue weighted by Gasteiger charge is -2.26. The van der Waals surface area contributed by atoms with Gasteiger partial charge in [0.1, 0.15) is 0 Å². The van der Waals surface area contributed by atoms with Crippen LogP contribution in [0.3, 0.4) is 0 Å². The monoisotopic (exact) mass is 369 g/mol. The number of piperidine rings is 1. The smallest absolute Gasteiger partial charge is 0.275 e. The van der Waals surface area contributed by atoms with Crippen LogP contribution in [-0.4, -0.2) is 83.2 Å². The van der Waals surface area contributed by atoms with Gasteiger partial charge in [-0.05, 0) is 52.0 Å². The van der Waals surface area contributed by atoms with Gasteiger partial charge in [0.05, 0.1) is 12.1 Å². The summed E-state index contributed by atoms with van der Waals surface area (Å²) in [5.74, 6) is 0.0817. The van der Waals surface area contributed by atoms with Crippen LogP contribution < -0.4 is 0 Å². The van der Waals surface area contributed by atoms with E-state index in [9.17, 15) is 4.79 Å². The Labute approximate surface area is 161 Å². The van der Waals surface area contributed by atoms with Crippen LogP contribution in [0.2, 0.25) is 0 Å². The number of carbonyl (C=O) groups is 1. The summed E-state index contributed by atoms with van der Waals surface area (Å²) >= 11 is 0. The van der Waals surface area contributed by atoms with Crippen molar-refractivity contribution in [2.45, 2.75) is 32.2 Å².